The van der Waals surface area contributed by atoms with Crippen molar-refractivity contribution in [2.45, 2.75) is 31.4 Å². The Hall–Kier alpha value is -1.99. The molecule has 0 atom stereocenters. The molecule has 0 N–H and O–H groups in total. The Labute approximate surface area is 148 Å². The van der Waals surface area contributed by atoms with Gasteiger partial charge in [-0.1, -0.05) is 0 Å². The van der Waals surface area contributed by atoms with E-state index in [0.717, 1.165) is 57.1 Å². The monoisotopic (exact) mass is 342 g/mol. The fourth-order valence-corrected chi connectivity index (χ4v) is 3.88. The SMILES string of the molecule is CN(C)c1ncc2c(n1)C1(CCN(Cc3cnn(C)c3)CC1)OCC2. The molecule has 2 aliphatic heterocycles. The number of hydrogen-bond acceptors (Lipinski definition) is 6. The molecule has 2 aromatic rings. The van der Waals surface area contributed by atoms with Crippen LogP contribution in [0.5, 0.6) is 0 Å². The Morgan fingerprint density at radius 2 is 2.04 bits per heavy atom. The van der Waals surface area contributed by atoms with Crippen LogP contribution >= 0.6 is 0 Å². The predicted molar refractivity (Wildman–Crippen MR) is 95.4 cm³/mol. The molecule has 134 valence electrons. The molecule has 0 bridgehead atoms. The smallest absolute Gasteiger partial charge is 0.225 e. The van der Waals surface area contributed by atoms with Crippen LogP contribution in [0, 0.1) is 0 Å². The lowest BCUT2D eigenvalue weighted by molar-refractivity contribution is -0.102. The number of piperidine rings is 1. The van der Waals surface area contributed by atoms with E-state index >= 15 is 0 Å². The number of aromatic nitrogens is 4. The van der Waals surface area contributed by atoms with Crippen LogP contribution in [0.25, 0.3) is 0 Å². The summed E-state index contributed by atoms with van der Waals surface area (Å²) in [4.78, 5) is 13.8. The van der Waals surface area contributed by atoms with Crippen LogP contribution in [0.2, 0.25) is 0 Å². The molecule has 0 amide bonds. The Balaban J connectivity index is 1.52. The first-order valence-electron chi connectivity index (χ1n) is 8.93. The van der Waals surface area contributed by atoms with Crippen LogP contribution in [0.3, 0.4) is 0 Å². The number of fused-ring (bicyclic) bond motifs is 2. The Morgan fingerprint density at radius 1 is 1.24 bits per heavy atom. The van der Waals surface area contributed by atoms with Crippen LogP contribution in [-0.2, 0) is 30.4 Å². The number of ether oxygens (including phenoxy) is 1. The van der Waals surface area contributed by atoms with Crippen molar-refractivity contribution in [1.29, 1.82) is 0 Å². The van der Waals surface area contributed by atoms with E-state index < -0.39 is 0 Å². The first kappa shape index (κ1) is 16.5. The van der Waals surface area contributed by atoms with Gasteiger partial charge in [0, 0.05) is 58.7 Å². The number of likely N-dealkylation sites (tertiary alicyclic amines) is 1. The van der Waals surface area contributed by atoms with Gasteiger partial charge in [0.1, 0.15) is 5.60 Å². The van der Waals surface area contributed by atoms with E-state index in [1.165, 1.54) is 11.1 Å². The normalized spacial score (nSPS) is 19.8. The summed E-state index contributed by atoms with van der Waals surface area (Å²) in [6, 6.07) is 0. The molecular weight excluding hydrogens is 316 g/mol. The summed E-state index contributed by atoms with van der Waals surface area (Å²) in [5.41, 5.74) is 3.38. The van der Waals surface area contributed by atoms with Crippen molar-refractivity contribution in [3.05, 3.63) is 35.4 Å². The van der Waals surface area contributed by atoms with Crippen molar-refractivity contribution in [1.82, 2.24) is 24.6 Å². The summed E-state index contributed by atoms with van der Waals surface area (Å²) in [6.45, 7) is 3.73. The molecule has 0 aromatic carbocycles. The van der Waals surface area contributed by atoms with E-state index in [9.17, 15) is 0 Å². The van der Waals surface area contributed by atoms with E-state index in [1.807, 2.05) is 43.1 Å². The third kappa shape index (κ3) is 3.14. The minimum atomic E-state index is -0.243. The zero-order valence-corrected chi connectivity index (χ0v) is 15.3. The van der Waals surface area contributed by atoms with Crippen molar-refractivity contribution in [2.75, 3.05) is 38.7 Å². The average Bonchev–Trinajstić information content (AvgIpc) is 3.02. The van der Waals surface area contributed by atoms with Crippen LogP contribution < -0.4 is 4.90 Å². The number of hydrogen-bond donors (Lipinski definition) is 0. The van der Waals surface area contributed by atoms with Gasteiger partial charge in [-0.2, -0.15) is 5.10 Å². The van der Waals surface area contributed by atoms with Gasteiger partial charge in [-0.15, -0.1) is 0 Å². The van der Waals surface area contributed by atoms with Gasteiger partial charge in [0.25, 0.3) is 0 Å². The summed E-state index contributed by atoms with van der Waals surface area (Å²) in [5, 5.41) is 4.27. The lowest BCUT2D eigenvalue weighted by Gasteiger charge is -2.44. The van der Waals surface area contributed by atoms with Crippen LogP contribution in [0.4, 0.5) is 5.95 Å². The van der Waals surface area contributed by atoms with Gasteiger partial charge in [0.05, 0.1) is 18.5 Å². The number of aryl methyl sites for hydroxylation is 1. The molecule has 4 heterocycles. The zero-order chi connectivity index (χ0) is 17.4. The lowest BCUT2D eigenvalue weighted by atomic mass is 9.83. The maximum Gasteiger partial charge on any atom is 0.225 e. The minimum absolute atomic E-state index is 0.243. The topological polar surface area (TPSA) is 59.3 Å². The largest absolute Gasteiger partial charge is 0.368 e. The summed E-state index contributed by atoms with van der Waals surface area (Å²) >= 11 is 0. The predicted octanol–water partition coefficient (Wildman–Crippen LogP) is 1.34. The molecule has 7 heteroatoms. The van der Waals surface area contributed by atoms with Crippen molar-refractivity contribution in [3.8, 4) is 0 Å². The average molecular weight is 342 g/mol. The summed E-state index contributed by atoms with van der Waals surface area (Å²) in [5.74, 6) is 0.765. The van der Waals surface area contributed by atoms with E-state index in [-0.39, 0.29) is 5.60 Å². The standard InChI is InChI=1S/C18H26N6O/c1-22(2)17-19-11-15-4-9-25-18(16(15)21-17)5-7-24(8-6-18)13-14-10-20-23(3)12-14/h10-12H,4-9,13H2,1-3H3. The fourth-order valence-electron chi connectivity index (χ4n) is 3.88. The van der Waals surface area contributed by atoms with Crippen LogP contribution in [0.15, 0.2) is 18.6 Å². The molecule has 25 heavy (non-hydrogen) atoms. The molecule has 4 rings (SSSR count). The van der Waals surface area contributed by atoms with Crippen molar-refractivity contribution >= 4 is 5.95 Å². The highest BCUT2D eigenvalue weighted by Gasteiger charge is 2.42. The Morgan fingerprint density at radius 3 is 2.72 bits per heavy atom. The second-order valence-corrected chi connectivity index (χ2v) is 7.33. The summed E-state index contributed by atoms with van der Waals surface area (Å²) in [6.07, 6.45) is 8.89. The van der Waals surface area contributed by atoms with Gasteiger partial charge >= 0.3 is 0 Å². The Kier molecular flexibility index (Phi) is 4.21. The Bertz CT molecular complexity index is 748. The third-order valence-electron chi connectivity index (χ3n) is 5.26. The molecule has 1 spiro atoms. The molecule has 1 saturated heterocycles. The number of anilines is 1. The maximum absolute atomic E-state index is 6.32. The second-order valence-electron chi connectivity index (χ2n) is 7.33. The minimum Gasteiger partial charge on any atom is -0.368 e. The molecule has 0 unspecified atom stereocenters. The van der Waals surface area contributed by atoms with E-state index in [0.29, 0.717) is 0 Å². The van der Waals surface area contributed by atoms with Gasteiger partial charge in [0.15, 0.2) is 0 Å². The summed E-state index contributed by atoms with van der Waals surface area (Å²) < 4.78 is 8.18. The van der Waals surface area contributed by atoms with Crippen LogP contribution in [0.1, 0.15) is 29.7 Å². The van der Waals surface area contributed by atoms with E-state index in [2.05, 4.69) is 21.2 Å². The molecule has 2 aromatic heterocycles. The molecule has 7 nitrogen and oxygen atoms in total. The summed E-state index contributed by atoms with van der Waals surface area (Å²) in [7, 11) is 5.92. The van der Waals surface area contributed by atoms with Crippen molar-refractivity contribution in [3.63, 3.8) is 0 Å². The van der Waals surface area contributed by atoms with Crippen LogP contribution in [-0.4, -0.2) is 58.4 Å². The lowest BCUT2D eigenvalue weighted by Crippen LogP contribution is -2.47. The maximum atomic E-state index is 6.32. The molecule has 2 aliphatic rings. The van der Waals surface area contributed by atoms with E-state index in [1.54, 1.807) is 0 Å². The second kappa shape index (κ2) is 6.38. The molecule has 0 radical (unpaired) electrons. The van der Waals surface area contributed by atoms with Crippen molar-refractivity contribution in [2.24, 2.45) is 7.05 Å². The zero-order valence-electron chi connectivity index (χ0n) is 15.3. The van der Waals surface area contributed by atoms with Gasteiger partial charge in [-0.25, -0.2) is 9.97 Å². The highest BCUT2D eigenvalue weighted by Crippen LogP contribution is 2.40. The van der Waals surface area contributed by atoms with Gasteiger partial charge in [-0.3, -0.25) is 9.58 Å². The number of rotatable bonds is 3. The van der Waals surface area contributed by atoms with Gasteiger partial charge < -0.3 is 9.64 Å². The molecule has 1 fully saturated rings. The van der Waals surface area contributed by atoms with Crippen molar-refractivity contribution < 1.29 is 4.74 Å². The molecule has 0 saturated carbocycles. The third-order valence-corrected chi connectivity index (χ3v) is 5.26. The highest BCUT2D eigenvalue weighted by atomic mass is 16.5. The quantitative estimate of drug-likeness (QED) is 0.839. The molecular formula is C18H26N6O. The first-order valence-corrected chi connectivity index (χ1v) is 8.93. The highest BCUT2D eigenvalue weighted by molar-refractivity contribution is 5.35. The number of nitrogens with zero attached hydrogens (tertiary/aromatic N) is 6. The van der Waals surface area contributed by atoms with E-state index in [4.69, 9.17) is 9.72 Å². The fraction of sp³-hybridized carbons (Fsp3) is 0.611. The van der Waals surface area contributed by atoms with Gasteiger partial charge in [0.2, 0.25) is 5.95 Å². The molecule has 0 aliphatic carbocycles. The van der Waals surface area contributed by atoms with Gasteiger partial charge in [-0.05, 0) is 24.8 Å². The first-order chi connectivity index (χ1) is 12.1.